The highest BCUT2D eigenvalue weighted by Gasteiger charge is 2.39. The summed E-state index contributed by atoms with van der Waals surface area (Å²) in [7, 11) is 0. The summed E-state index contributed by atoms with van der Waals surface area (Å²) in [6.07, 6.45) is 2.30. The van der Waals surface area contributed by atoms with Crippen molar-refractivity contribution >= 4 is 12.4 Å². The lowest BCUT2D eigenvalue weighted by atomic mass is 10.0. The van der Waals surface area contributed by atoms with Crippen LogP contribution in [0, 0.1) is 13.8 Å². The van der Waals surface area contributed by atoms with Crippen molar-refractivity contribution in [2.45, 2.75) is 32.2 Å². The molecule has 2 rings (SSSR count). The summed E-state index contributed by atoms with van der Waals surface area (Å²) in [5.41, 5.74) is 10.1. The van der Waals surface area contributed by atoms with Gasteiger partial charge in [0, 0.05) is 5.54 Å². The maximum absolute atomic E-state index is 6.11. The Bertz CT molecular complexity index is 296. The van der Waals surface area contributed by atoms with Crippen molar-refractivity contribution in [3.8, 4) is 0 Å². The number of nitrogens with two attached hydrogens (primary N) is 1. The summed E-state index contributed by atoms with van der Waals surface area (Å²) in [4.78, 5) is 0. The van der Waals surface area contributed by atoms with Crippen LogP contribution in [0.3, 0.4) is 0 Å². The van der Waals surface area contributed by atoms with Gasteiger partial charge in [0.05, 0.1) is 0 Å². The predicted molar refractivity (Wildman–Crippen MR) is 58.3 cm³/mol. The van der Waals surface area contributed by atoms with Crippen molar-refractivity contribution < 1.29 is 0 Å². The molecule has 0 bridgehead atoms. The van der Waals surface area contributed by atoms with Crippen LogP contribution in [-0.4, -0.2) is 0 Å². The standard InChI is InChI=1S/C11H15N.ClH/c1-8-5-9(2)7-10(6-8)11(12)3-4-11;/h5-7H,3-4,12H2,1-2H3;1H. The first-order valence-corrected chi connectivity index (χ1v) is 4.48. The monoisotopic (exact) mass is 197 g/mol. The fourth-order valence-corrected chi connectivity index (χ4v) is 1.69. The molecule has 2 heteroatoms. The summed E-state index contributed by atoms with van der Waals surface area (Å²) >= 11 is 0. The second-order valence-corrected chi connectivity index (χ2v) is 4.03. The number of rotatable bonds is 1. The molecule has 1 aliphatic rings. The van der Waals surface area contributed by atoms with Crippen LogP contribution < -0.4 is 5.73 Å². The van der Waals surface area contributed by atoms with Gasteiger partial charge in [-0.15, -0.1) is 12.4 Å². The van der Waals surface area contributed by atoms with Gasteiger partial charge in [-0.3, -0.25) is 0 Å². The third kappa shape index (κ3) is 2.04. The van der Waals surface area contributed by atoms with Crippen LogP contribution in [0.25, 0.3) is 0 Å². The number of hydrogen-bond donors (Lipinski definition) is 1. The third-order valence-electron chi connectivity index (χ3n) is 2.59. The van der Waals surface area contributed by atoms with Crippen LogP contribution in [0.5, 0.6) is 0 Å². The minimum Gasteiger partial charge on any atom is -0.321 e. The Hall–Kier alpha value is -0.530. The van der Waals surface area contributed by atoms with E-state index in [9.17, 15) is 0 Å². The SMILES string of the molecule is Cc1cc(C)cc(C2(N)CC2)c1.Cl. The van der Waals surface area contributed by atoms with Crippen LogP contribution in [0.4, 0.5) is 0 Å². The topological polar surface area (TPSA) is 26.0 Å². The van der Waals surface area contributed by atoms with Gasteiger partial charge >= 0.3 is 0 Å². The highest BCUT2D eigenvalue weighted by atomic mass is 35.5. The Morgan fingerprint density at radius 1 is 1.08 bits per heavy atom. The fourth-order valence-electron chi connectivity index (χ4n) is 1.69. The molecule has 1 nitrogen and oxygen atoms in total. The summed E-state index contributed by atoms with van der Waals surface area (Å²) < 4.78 is 0. The van der Waals surface area contributed by atoms with E-state index in [1.807, 2.05) is 0 Å². The van der Waals surface area contributed by atoms with Gasteiger partial charge in [-0.25, -0.2) is 0 Å². The van der Waals surface area contributed by atoms with Crippen LogP contribution >= 0.6 is 12.4 Å². The first-order chi connectivity index (χ1) is 5.60. The molecule has 1 fully saturated rings. The van der Waals surface area contributed by atoms with Gasteiger partial charge in [-0.2, -0.15) is 0 Å². The van der Waals surface area contributed by atoms with Crippen molar-refractivity contribution in [2.75, 3.05) is 0 Å². The second kappa shape index (κ2) is 3.32. The van der Waals surface area contributed by atoms with Crippen molar-refractivity contribution in [3.05, 3.63) is 34.9 Å². The van der Waals surface area contributed by atoms with Crippen LogP contribution in [0.1, 0.15) is 29.5 Å². The van der Waals surface area contributed by atoms with E-state index in [-0.39, 0.29) is 17.9 Å². The summed E-state index contributed by atoms with van der Waals surface area (Å²) in [5.74, 6) is 0. The van der Waals surface area contributed by atoms with E-state index in [4.69, 9.17) is 5.73 Å². The fraction of sp³-hybridized carbons (Fsp3) is 0.455. The molecule has 0 aromatic heterocycles. The zero-order valence-electron chi connectivity index (χ0n) is 8.13. The minimum absolute atomic E-state index is 0. The number of aryl methyl sites for hydroxylation is 2. The van der Waals surface area contributed by atoms with Gasteiger partial charge < -0.3 is 5.73 Å². The molecule has 1 aliphatic carbocycles. The van der Waals surface area contributed by atoms with E-state index in [0.29, 0.717) is 0 Å². The molecular weight excluding hydrogens is 182 g/mol. The molecule has 0 unspecified atom stereocenters. The number of halogens is 1. The van der Waals surface area contributed by atoms with Crippen molar-refractivity contribution in [3.63, 3.8) is 0 Å². The lowest BCUT2D eigenvalue weighted by molar-refractivity contribution is 0.738. The molecule has 2 N–H and O–H groups in total. The van der Waals surface area contributed by atoms with E-state index >= 15 is 0 Å². The van der Waals surface area contributed by atoms with Crippen LogP contribution in [0.15, 0.2) is 18.2 Å². The van der Waals surface area contributed by atoms with Crippen molar-refractivity contribution in [2.24, 2.45) is 5.73 Å². The summed E-state index contributed by atoms with van der Waals surface area (Å²) in [5, 5.41) is 0. The maximum Gasteiger partial charge on any atom is 0.0411 e. The normalized spacial score (nSPS) is 17.8. The first kappa shape index (κ1) is 10.6. The first-order valence-electron chi connectivity index (χ1n) is 4.48. The lowest BCUT2D eigenvalue weighted by Gasteiger charge is -2.10. The van der Waals surface area contributed by atoms with Gasteiger partial charge in [0.15, 0.2) is 0 Å². The number of hydrogen-bond acceptors (Lipinski definition) is 1. The molecule has 0 amide bonds. The Morgan fingerprint density at radius 2 is 1.54 bits per heavy atom. The molecule has 0 radical (unpaired) electrons. The molecule has 72 valence electrons. The van der Waals surface area contributed by atoms with Gasteiger partial charge in [-0.05, 0) is 32.3 Å². The molecule has 1 saturated carbocycles. The average Bonchev–Trinajstić information content (AvgIpc) is 2.67. The van der Waals surface area contributed by atoms with E-state index in [0.717, 1.165) is 12.8 Å². The minimum atomic E-state index is 0. The van der Waals surface area contributed by atoms with Gasteiger partial charge in [-0.1, -0.05) is 29.3 Å². The van der Waals surface area contributed by atoms with E-state index in [1.165, 1.54) is 16.7 Å². The van der Waals surface area contributed by atoms with Gasteiger partial charge in [0.25, 0.3) is 0 Å². The quantitative estimate of drug-likeness (QED) is 0.736. The highest BCUT2D eigenvalue weighted by Crippen LogP contribution is 2.42. The van der Waals surface area contributed by atoms with Gasteiger partial charge in [0.2, 0.25) is 0 Å². The Kier molecular flexibility index (Phi) is 2.69. The molecule has 0 aliphatic heterocycles. The molecule has 1 aromatic rings. The van der Waals surface area contributed by atoms with Crippen LogP contribution in [0.2, 0.25) is 0 Å². The average molecular weight is 198 g/mol. The summed E-state index contributed by atoms with van der Waals surface area (Å²) in [6, 6.07) is 6.61. The van der Waals surface area contributed by atoms with E-state index in [1.54, 1.807) is 0 Å². The molecular formula is C11H16ClN. The molecule has 0 spiro atoms. The third-order valence-corrected chi connectivity index (χ3v) is 2.59. The van der Waals surface area contributed by atoms with E-state index < -0.39 is 0 Å². The highest BCUT2D eigenvalue weighted by molar-refractivity contribution is 5.85. The Labute approximate surface area is 85.7 Å². The largest absolute Gasteiger partial charge is 0.321 e. The predicted octanol–water partition coefficient (Wildman–Crippen LogP) is 2.67. The maximum atomic E-state index is 6.11. The number of benzene rings is 1. The van der Waals surface area contributed by atoms with Crippen molar-refractivity contribution in [1.82, 2.24) is 0 Å². The molecule has 1 aromatic carbocycles. The lowest BCUT2D eigenvalue weighted by Crippen LogP contribution is -2.18. The zero-order valence-corrected chi connectivity index (χ0v) is 8.95. The van der Waals surface area contributed by atoms with Gasteiger partial charge in [0.1, 0.15) is 0 Å². The molecule has 0 saturated heterocycles. The molecule has 0 atom stereocenters. The van der Waals surface area contributed by atoms with Crippen molar-refractivity contribution in [1.29, 1.82) is 0 Å². The second-order valence-electron chi connectivity index (χ2n) is 4.03. The van der Waals surface area contributed by atoms with E-state index in [2.05, 4.69) is 32.0 Å². The summed E-state index contributed by atoms with van der Waals surface area (Å²) in [6.45, 7) is 4.25. The molecule has 13 heavy (non-hydrogen) atoms. The molecule has 0 heterocycles. The zero-order chi connectivity index (χ0) is 8.77. The van der Waals surface area contributed by atoms with Crippen LogP contribution in [-0.2, 0) is 5.54 Å². The smallest absolute Gasteiger partial charge is 0.0411 e. The Balaban J connectivity index is 0.000000845. The Morgan fingerprint density at radius 3 is 1.92 bits per heavy atom.